The van der Waals surface area contributed by atoms with Gasteiger partial charge in [0.25, 0.3) is 5.91 Å². The van der Waals surface area contributed by atoms with Gasteiger partial charge in [-0.05, 0) is 29.6 Å². The van der Waals surface area contributed by atoms with Gasteiger partial charge in [-0.25, -0.2) is 0 Å². The summed E-state index contributed by atoms with van der Waals surface area (Å²) in [5.74, 6) is -0.648. The van der Waals surface area contributed by atoms with Gasteiger partial charge in [0.05, 0.1) is 24.6 Å². The topological polar surface area (TPSA) is 75.4 Å². The molecule has 26 heavy (non-hydrogen) atoms. The molecular weight excluding hydrogens is 369 g/mol. The van der Waals surface area contributed by atoms with Crippen LogP contribution in [0, 0.1) is 0 Å². The maximum atomic E-state index is 12.5. The maximum Gasteiger partial charge on any atom is 0.433 e. The fourth-order valence-corrected chi connectivity index (χ4v) is 3.20. The summed E-state index contributed by atoms with van der Waals surface area (Å²) < 4.78 is 42.6. The molecule has 3 aromatic heterocycles. The van der Waals surface area contributed by atoms with E-state index in [1.807, 2.05) is 0 Å². The summed E-state index contributed by atoms with van der Waals surface area (Å²) in [4.78, 5) is 16.1. The SMILES string of the molecule is O=C(NC[C@](O)(c1ccoc1)c1cccs1)c1ccc(C(F)(F)F)nc1. The van der Waals surface area contributed by atoms with Crippen molar-refractivity contribution in [1.29, 1.82) is 0 Å². The lowest BCUT2D eigenvalue weighted by molar-refractivity contribution is -0.141. The number of nitrogens with one attached hydrogen (secondary N) is 1. The second-order valence-electron chi connectivity index (χ2n) is 5.46. The van der Waals surface area contributed by atoms with E-state index in [4.69, 9.17) is 4.42 Å². The van der Waals surface area contributed by atoms with Gasteiger partial charge in [0.2, 0.25) is 0 Å². The smallest absolute Gasteiger partial charge is 0.433 e. The standard InChI is InChI=1S/C17H13F3N2O3S/c18-17(19,20)13-4-3-11(8-21-13)15(23)22-10-16(24,12-5-6-25-9-12)14-2-1-7-26-14/h1-9,24H,10H2,(H,22,23)/t16-/m0/s1. The van der Waals surface area contributed by atoms with Crippen molar-refractivity contribution in [2.45, 2.75) is 11.8 Å². The third-order valence-corrected chi connectivity index (χ3v) is 4.77. The summed E-state index contributed by atoms with van der Waals surface area (Å²) in [5, 5.41) is 15.4. The van der Waals surface area contributed by atoms with Gasteiger partial charge in [0, 0.05) is 16.6 Å². The zero-order valence-corrected chi connectivity index (χ0v) is 14.0. The molecule has 0 aromatic carbocycles. The zero-order valence-electron chi connectivity index (χ0n) is 13.2. The van der Waals surface area contributed by atoms with Crippen LogP contribution in [-0.2, 0) is 11.8 Å². The first-order chi connectivity index (χ1) is 12.3. The Hall–Kier alpha value is -2.65. The van der Waals surface area contributed by atoms with Crippen molar-refractivity contribution in [1.82, 2.24) is 10.3 Å². The van der Waals surface area contributed by atoms with Crippen LogP contribution in [0.1, 0.15) is 26.5 Å². The summed E-state index contributed by atoms with van der Waals surface area (Å²) in [7, 11) is 0. The number of hydrogen-bond donors (Lipinski definition) is 2. The first-order valence-corrected chi connectivity index (χ1v) is 8.29. The second kappa shape index (κ2) is 6.93. The van der Waals surface area contributed by atoms with Crippen molar-refractivity contribution in [2.24, 2.45) is 0 Å². The molecule has 0 aliphatic carbocycles. The predicted molar refractivity (Wildman–Crippen MR) is 87.6 cm³/mol. The zero-order chi connectivity index (χ0) is 18.8. The van der Waals surface area contributed by atoms with E-state index in [0.717, 1.165) is 18.3 Å². The summed E-state index contributed by atoms with van der Waals surface area (Å²) in [6, 6.07) is 6.81. The highest BCUT2D eigenvalue weighted by Crippen LogP contribution is 2.32. The molecule has 0 saturated heterocycles. The monoisotopic (exact) mass is 382 g/mol. The summed E-state index contributed by atoms with van der Waals surface area (Å²) >= 11 is 1.30. The molecule has 5 nitrogen and oxygen atoms in total. The molecule has 0 aliphatic rings. The minimum Gasteiger partial charge on any atom is -0.472 e. The number of furan rings is 1. The number of amides is 1. The Kier molecular flexibility index (Phi) is 4.84. The van der Waals surface area contributed by atoms with Gasteiger partial charge in [0.15, 0.2) is 0 Å². The average Bonchev–Trinajstić information content (AvgIpc) is 3.32. The Balaban J connectivity index is 1.76. The molecule has 0 bridgehead atoms. The summed E-state index contributed by atoms with van der Waals surface area (Å²) in [6.07, 6.45) is -0.961. The number of hydrogen-bond acceptors (Lipinski definition) is 5. The van der Waals surface area contributed by atoms with E-state index in [0.29, 0.717) is 10.4 Å². The van der Waals surface area contributed by atoms with Crippen LogP contribution in [0.3, 0.4) is 0 Å². The molecule has 3 aromatic rings. The molecule has 2 N–H and O–H groups in total. The van der Waals surface area contributed by atoms with Gasteiger partial charge < -0.3 is 14.8 Å². The van der Waals surface area contributed by atoms with Crippen LogP contribution in [0.15, 0.2) is 58.9 Å². The highest BCUT2D eigenvalue weighted by Gasteiger charge is 2.35. The molecule has 0 unspecified atom stereocenters. The van der Waals surface area contributed by atoms with Crippen LogP contribution in [0.25, 0.3) is 0 Å². The van der Waals surface area contributed by atoms with Crippen molar-refractivity contribution in [3.8, 4) is 0 Å². The Morgan fingerprint density at radius 3 is 2.62 bits per heavy atom. The number of nitrogens with zero attached hydrogens (tertiary/aromatic N) is 1. The molecule has 3 heterocycles. The Morgan fingerprint density at radius 2 is 2.08 bits per heavy atom. The normalized spacial score (nSPS) is 14.0. The van der Waals surface area contributed by atoms with E-state index in [2.05, 4.69) is 10.3 Å². The van der Waals surface area contributed by atoms with Gasteiger partial charge in [0.1, 0.15) is 11.3 Å². The first kappa shape index (κ1) is 18.2. The Labute approximate surface area is 150 Å². The molecule has 9 heteroatoms. The van der Waals surface area contributed by atoms with Gasteiger partial charge in [-0.3, -0.25) is 9.78 Å². The van der Waals surface area contributed by atoms with Gasteiger partial charge in [-0.15, -0.1) is 11.3 Å². The number of carbonyl (C=O) groups excluding carboxylic acids is 1. The fourth-order valence-electron chi connectivity index (χ4n) is 2.35. The van der Waals surface area contributed by atoms with E-state index >= 15 is 0 Å². The van der Waals surface area contributed by atoms with Crippen LogP contribution in [0.2, 0.25) is 0 Å². The Bertz CT molecular complexity index is 826. The highest BCUT2D eigenvalue weighted by molar-refractivity contribution is 7.10. The molecule has 0 spiro atoms. The van der Waals surface area contributed by atoms with Crippen molar-refractivity contribution < 1.29 is 27.5 Å². The number of thiophene rings is 1. The quantitative estimate of drug-likeness (QED) is 0.709. The van der Waals surface area contributed by atoms with Crippen molar-refractivity contribution in [3.63, 3.8) is 0 Å². The van der Waals surface area contributed by atoms with E-state index in [-0.39, 0.29) is 12.1 Å². The molecule has 136 valence electrons. The molecule has 1 amide bonds. The predicted octanol–water partition coefficient (Wildman–Crippen LogP) is 3.42. The lowest BCUT2D eigenvalue weighted by Gasteiger charge is -2.26. The van der Waals surface area contributed by atoms with Crippen molar-refractivity contribution >= 4 is 17.2 Å². The van der Waals surface area contributed by atoms with E-state index in [1.54, 1.807) is 23.6 Å². The summed E-state index contributed by atoms with van der Waals surface area (Å²) in [6.45, 7) is -0.188. The van der Waals surface area contributed by atoms with Crippen molar-refractivity contribution in [3.05, 3.63) is 76.1 Å². The third-order valence-electron chi connectivity index (χ3n) is 3.75. The second-order valence-corrected chi connectivity index (χ2v) is 6.41. The fraction of sp³-hybridized carbons (Fsp3) is 0.176. The third kappa shape index (κ3) is 3.63. The highest BCUT2D eigenvalue weighted by atomic mass is 32.1. The minimum absolute atomic E-state index is 0.0428. The van der Waals surface area contributed by atoms with Crippen LogP contribution in [0.5, 0.6) is 0 Å². The number of alkyl halides is 3. The van der Waals surface area contributed by atoms with E-state index < -0.39 is 23.4 Å². The van der Waals surface area contributed by atoms with Crippen LogP contribution in [0.4, 0.5) is 13.2 Å². The largest absolute Gasteiger partial charge is 0.472 e. The molecule has 1 atom stereocenters. The number of pyridine rings is 1. The van der Waals surface area contributed by atoms with E-state index in [1.165, 1.54) is 23.9 Å². The number of aliphatic hydroxyl groups is 1. The van der Waals surface area contributed by atoms with Crippen molar-refractivity contribution in [2.75, 3.05) is 6.54 Å². The van der Waals surface area contributed by atoms with Gasteiger partial charge >= 0.3 is 6.18 Å². The van der Waals surface area contributed by atoms with Gasteiger partial charge in [-0.2, -0.15) is 13.2 Å². The number of halogens is 3. The lowest BCUT2D eigenvalue weighted by Crippen LogP contribution is -2.41. The van der Waals surface area contributed by atoms with E-state index in [9.17, 15) is 23.1 Å². The number of aromatic nitrogens is 1. The molecule has 0 fully saturated rings. The molecule has 0 radical (unpaired) electrons. The van der Waals surface area contributed by atoms with Gasteiger partial charge in [-0.1, -0.05) is 6.07 Å². The van der Waals surface area contributed by atoms with Crippen LogP contribution >= 0.6 is 11.3 Å². The Morgan fingerprint density at radius 1 is 1.27 bits per heavy atom. The molecule has 0 aliphatic heterocycles. The summed E-state index contributed by atoms with van der Waals surface area (Å²) in [5.41, 5.74) is -2.19. The average molecular weight is 382 g/mol. The van der Waals surface area contributed by atoms with Crippen LogP contribution < -0.4 is 5.32 Å². The minimum atomic E-state index is -4.57. The maximum absolute atomic E-state index is 12.5. The molecule has 3 rings (SSSR count). The number of rotatable bonds is 5. The van der Waals surface area contributed by atoms with Crippen LogP contribution in [-0.4, -0.2) is 22.5 Å². The number of carbonyl (C=O) groups is 1. The molecule has 0 saturated carbocycles. The molecular formula is C17H13F3N2O3S. The first-order valence-electron chi connectivity index (χ1n) is 7.41. The lowest BCUT2D eigenvalue weighted by atomic mass is 9.94.